The number of para-hydroxylation sites is 1. The van der Waals surface area contributed by atoms with E-state index in [2.05, 4.69) is 36.1 Å². The van der Waals surface area contributed by atoms with Crippen LogP contribution >= 0.6 is 31.0 Å². The van der Waals surface area contributed by atoms with Crippen molar-refractivity contribution >= 4 is 88.7 Å². The van der Waals surface area contributed by atoms with Crippen molar-refractivity contribution in [1.29, 1.82) is 0 Å². The van der Waals surface area contributed by atoms with E-state index >= 15 is 0 Å². The van der Waals surface area contributed by atoms with E-state index in [1.165, 1.54) is 37.1 Å². The van der Waals surface area contributed by atoms with Gasteiger partial charge in [-0.3, -0.25) is 29.1 Å². The van der Waals surface area contributed by atoms with E-state index in [4.69, 9.17) is 25.4 Å². The zero-order valence-electron chi connectivity index (χ0n) is 32.0. The summed E-state index contributed by atoms with van der Waals surface area (Å²) in [5.41, 5.74) is 3.34. The summed E-state index contributed by atoms with van der Waals surface area (Å²) in [5, 5.41) is 12.4. The Balaban J connectivity index is 0.925. The number of imide groups is 1. The summed E-state index contributed by atoms with van der Waals surface area (Å²) in [6, 6.07) is 17.4. The zero-order chi connectivity index (χ0) is 41.0. The summed E-state index contributed by atoms with van der Waals surface area (Å²) in [6.45, 7) is 1.69. The lowest BCUT2D eigenvalue weighted by Crippen LogP contribution is -2.52. The van der Waals surface area contributed by atoms with Crippen molar-refractivity contribution in [2.75, 3.05) is 55.7 Å². The topological polar surface area (TPSA) is 193 Å². The molecule has 1 atom stereocenters. The van der Waals surface area contributed by atoms with Crippen LogP contribution in [0, 0.1) is 0 Å². The van der Waals surface area contributed by atoms with Crippen molar-refractivity contribution in [3.05, 3.63) is 83.0 Å². The van der Waals surface area contributed by atoms with Crippen molar-refractivity contribution in [3.8, 4) is 5.75 Å². The third kappa shape index (κ3) is 8.78. The number of anilines is 5. The molecule has 0 aliphatic carbocycles. The fourth-order valence-electron chi connectivity index (χ4n) is 7.22. The monoisotopic (exact) mass is 848 g/mol. The molecular weight excluding hydrogens is 807 g/mol. The second kappa shape index (κ2) is 17.7. The number of hydrogen-bond acceptors (Lipinski definition) is 14. The molecule has 7 rings (SSSR count). The molecule has 4 amide bonds. The number of fused-ring (bicyclic) bond motifs is 1. The molecule has 3 aliphatic heterocycles. The Morgan fingerprint density at radius 1 is 0.983 bits per heavy atom. The number of benzene rings is 3. The van der Waals surface area contributed by atoms with Gasteiger partial charge in [0.2, 0.25) is 23.7 Å². The molecule has 4 heterocycles. The molecule has 4 N–H and O–H groups in total. The highest BCUT2D eigenvalue weighted by atomic mass is 35.5. The number of rotatable bonds is 14. The first-order chi connectivity index (χ1) is 28.0. The van der Waals surface area contributed by atoms with E-state index in [9.17, 15) is 23.7 Å². The zero-order valence-corrected chi connectivity index (χ0v) is 34.4. The van der Waals surface area contributed by atoms with Crippen molar-refractivity contribution in [3.63, 3.8) is 0 Å². The molecule has 304 valence electrons. The van der Waals surface area contributed by atoms with Crippen LogP contribution in [0.25, 0.3) is 0 Å². The number of nitrogens with zero attached hydrogens (tertiary/aromatic N) is 4. The van der Waals surface area contributed by atoms with Gasteiger partial charge in [-0.25, -0.2) is 4.98 Å². The maximum absolute atomic E-state index is 13.2. The number of aromatic nitrogens is 2. The minimum atomic E-state index is -3.58. The first kappa shape index (κ1) is 41.0. The molecule has 0 radical (unpaired) electrons. The van der Waals surface area contributed by atoms with Crippen molar-refractivity contribution in [2.24, 2.45) is 0 Å². The molecule has 1 unspecified atom stereocenters. The predicted molar refractivity (Wildman–Crippen MR) is 221 cm³/mol. The average molecular weight is 849 g/mol. The number of nitrogens with one attached hydrogen (secondary N) is 4. The SMILES string of the molecule is COc1cc(N2CCC(NC(=O)CSc3cccc4c3CN(C3CCC(=O)NC3=O)C4=O)CC2)ccc1Nc1ncc(Cl)c(Nc2ccccc2P(=O)(OC)OC)n1. The third-order valence-corrected chi connectivity index (χ3v) is 13.5. The van der Waals surface area contributed by atoms with Crippen LogP contribution in [0.2, 0.25) is 5.02 Å². The summed E-state index contributed by atoms with van der Waals surface area (Å²) >= 11 is 7.82. The van der Waals surface area contributed by atoms with E-state index in [0.717, 1.165) is 29.0 Å². The van der Waals surface area contributed by atoms with Crippen molar-refractivity contribution in [1.82, 2.24) is 25.5 Å². The maximum Gasteiger partial charge on any atom is 0.362 e. The van der Waals surface area contributed by atoms with Crippen molar-refractivity contribution in [2.45, 2.75) is 49.2 Å². The summed E-state index contributed by atoms with van der Waals surface area (Å²) in [4.78, 5) is 63.8. The second-order valence-corrected chi connectivity index (χ2v) is 17.3. The largest absolute Gasteiger partial charge is 0.494 e. The fourth-order valence-corrected chi connectivity index (χ4v) is 9.49. The van der Waals surface area contributed by atoms with Crippen LogP contribution in [-0.2, 0) is 34.5 Å². The molecule has 58 heavy (non-hydrogen) atoms. The van der Waals surface area contributed by atoms with Gasteiger partial charge in [-0.05, 0) is 61.2 Å². The smallest absolute Gasteiger partial charge is 0.362 e. The molecule has 2 saturated heterocycles. The molecule has 19 heteroatoms. The Morgan fingerprint density at radius 2 is 1.76 bits per heavy atom. The number of carbonyl (C=O) groups is 4. The number of thioether (sulfide) groups is 1. The van der Waals surface area contributed by atoms with E-state index in [0.29, 0.717) is 47.5 Å². The van der Waals surface area contributed by atoms with Gasteiger partial charge in [0.1, 0.15) is 16.8 Å². The van der Waals surface area contributed by atoms with Gasteiger partial charge in [0, 0.05) is 68.5 Å². The van der Waals surface area contributed by atoms with Crippen LogP contribution in [0.3, 0.4) is 0 Å². The van der Waals surface area contributed by atoms with Crippen LogP contribution in [0.5, 0.6) is 5.75 Å². The van der Waals surface area contributed by atoms with E-state index < -0.39 is 19.5 Å². The summed E-state index contributed by atoms with van der Waals surface area (Å²) in [7, 11) is 0.629. The predicted octanol–water partition coefficient (Wildman–Crippen LogP) is 5.38. The van der Waals surface area contributed by atoms with Crippen LogP contribution in [0.15, 0.2) is 71.8 Å². The average Bonchev–Trinajstić information content (AvgIpc) is 3.57. The number of hydrogen-bond donors (Lipinski definition) is 4. The number of ether oxygens (including phenoxy) is 1. The standard InChI is InChI=1S/C39H42ClN8O8PS/c1-54-31-19-24(11-12-28(31)44-39-41-20-27(40)36(46-39)43-29-8-4-5-9-32(29)57(53,55-2)56-3)47-17-15-23(16-18-47)42-35(50)22-58-33-10-6-7-25-26(33)21-48(38(25)52)30-13-14-34(49)45-37(30)51/h4-12,19-20,23,30H,13-18,21-22H2,1-3H3,(H,42,50)(H,45,49,51)(H2,41,43,44,46). The van der Waals surface area contributed by atoms with Gasteiger partial charge in [-0.1, -0.05) is 29.8 Å². The highest BCUT2D eigenvalue weighted by Crippen LogP contribution is 2.47. The van der Waals surface area contributed by atoms with E-state index in [-0.39, 0.29) is 59.3 Å². The lowest BCUT2D eigenvalue weighted by atomic mass is 10.0. The van der Waals surface area contributed by atoms with Gasteiger partial charge in [0.05, 0.1) is 35.7 Å². The summed E-state index contributed by atoms with van der Waals surface area (Å²) < 4.78 is 29.3. The van der Waals surface area contributed by atoms with Gasteiger partial charge in [-0.15, -0.1) is 11.8 Å². The minimum Gasteiger partial charge on any atom is -0.494 e. The van der Waals surface area contributed by atoms with Crippen LogP contribution in [0.4, 0.5) is 28.8 Å². The lowest BCUT2D eigenvalue weighted by Gasteiger charge is -2.34. The Hall–Kier alpha value is -5.19. The highest BCUT2D eigenvalue weighted by molar-refractivity contribution is 8.00. The first-order valence-electron chi connectivity index (χ1n) is 18.5. The van der Waals surface area contributed by atoms with Crippen LogP contribution < -0.4 is 36.2 Å². The first-order valence-corrected chi connectivity index (χ1v) is 21.4. The lowest BCUT2D eigenvalue weighted by molar-refractivity contribution is -0.137. The van der Waals surface area contributed by atoms with Gasteiger partial charge in [0.25, 0.3) is 5.91 Å². The molecule has 1 aromatic heterocycles. The molecule has 4 aromatic rings. The van der Waals surface area contributed by atoms with Gasteiger partial charge < -0.3 is 39.5 Å². The quantitative estimate of drug-likeness (QED) is 0.0719. The molecule has 3 aromatic carbocycles. The Morgan fingerprint density at radius 3 is 2.50 bits per heavy atom. The van der Waals surface area contributed by atoms with E-state index in [1.807, 2.05) is 24.3 Å². The molecular formula is C39H42ClN8O8PS. The molecule has 0 bridgehead atoms. The van der Waals surface area contributed by atoms with Gasteiger partial charge >= 0.3 is 7.60 Å². The molecule has 3 aliphatic rings. The highest BCUT2D eigenvalue weighted by Gasteiger charge is 2.40. The molecule has 0 saturated carbocycles. The normalized spacial score (nSPS) is 17.2. The minimum absolute atomic E-state index is 0.00558. The van der Waals surface area contributed by atoms with Crippen LogP contribution in [0.1, 0.15) is 41.6 Å². The van der Waals surface area contributed by atoms with Gasteiger partial charge in [0.15, 0.2) is 5.82 Å². The number of halogens is 1. The molecule has 16 nitrogen and oxygen atoms in total. The fraction of sp³-hybridized carbons (Fsp3) is 0.333. The third-order valence-electron chi connectivity index (χ3n) is 10.2. The second-order valence-electron chi connectivity index (χ2n) is 13.7. The maximum atomic E-state index is 13.2. The van der Waals surface area contributed by atoms with Crippen LogP contribution in [-0.4, -0.2) is 90.8 Å². The number of methoxy groups -OCH3 is 1. The number of amides is 4. The number of piperidine rings is 2. The Labute approximate surface area is 344 Å². The van der Waals surface area contributed by atoms with E-state index in [1.54, 1.807) is 43.5 Å². The molecule has 2 fully saturated rings. The Bertz CT molecular complexity index is 2290. The van der Waals surface area contributed by atoms with Gasteiger partial charge in [-0.2, -0.15) is 4.98 Å². The summed E-state index contributed by atoms with van der Waals surface area (Å²) in [5.74, 6) is 0.139. The van der Waals surface area contributed by atoms with Crippen molar-refractivity contribution < 1.29 is 37.5 Å². The summed E-state index contributed by atoms with van der Waals surface area (Å²) in [6.07, 6.45) is 3.42. The Kier molecular flexibility index (Phi) is 12.5. The number of carbonyl (C=O) groups excluding carboxylic acids is 4. The molecule has 0 spiro atoms.